The number of alkyl carbamates (subject to hydrolysis) is 1. The number of nitrogens with one attached hydrogen (secondary N) is 1. The SMILES string of the molecule is COc1cc(CNC(=O)OC(C)(C)C)cc(C2CCCC2)c1. The lowest BCUT2D eigenvalue weighted by Crippen LogP contribution is -2.32. The van der Waals surface area contributed by atoms with Crippen molar-refractivity contribution in [2.75, 3.05) is 7.11 Å². The zero-order chi connectivity index (χ0) is 16.2. The number of rotatable bonds is 4. The van der Waals surface area contributed by atoms with Crippen molar-refractivity contribution in [3.8, 4) is 5.75 Å². The summed E-state index contributed by atoms with van der Waals surface area (Å²) in [4.78, 5) is 11.8. The molecule has 0 aromatic heterocycles. The number of methoxy groups -OCH3 is 1. The van der Waals surface area contributed by atoms with Gasteiger partial charge in [-0.15, -0.1) is 0 Å². The summed E-state index contributed by atoms with van der Waals surface area (Å²) >= 11 is 0. The van der Waals surface area contributed by atoms with Crippen molar-refractivity contribution in [3.05, 3.63) is 29.3 Å². The average molecular weight is 305 g/mol. The fourth-order valence-electron chi connectivity index (χ4n) is 2.89. The Morgan fingerprint density at radius 2 is 1.91 bits per heavy atom. The van der Waals surface area contributed by atoms with Crippen LogP contribution in [0.25, 0.3) is 0 Å². The van der Waals surface area contributed by atoms with E-state index in [1.54, 1.807) is 7.11 Å². The first-order valence-electron chi connectivity index (χ1n) is 8.02. The van der Waals surface area contributed by atoms with Gasteiger partial charge in [0.25, 0.3) is 0 Å². The fourth-order valence-corrected chi connectivity index (χ4v) is 2.89. The van der Waals surface area contributed by atoms with Crippen molar-refractivity contribution in [3.63, 3.8) is 0 Å². The highest BCUT2D eigenvalue weighted by atomic mass is 16.6. The molecular formula is C18H27NO3. The topological polar surface area (TPSA) is 47.6 Å². The molecule has 1 saturated carbocycles. The van der Waals surface area contributed by atoms with Gasteiger partial charge >= 0.3 is 6.09 Å². The molecule has 1 amide bonds. The van der Waals surface area contributed by atoms with Gasteiger partial charge in [0.2, 0.25) is 0 Å². The zero-order valence-corrected chi connectivity index (χ0v) is 14.1. The third-order valence-electron chi connectivity index (χ3n) is 3.89. The number of benzene rings is 1. The number of carbonyl (C=O) groups excluding carboxylic acids is 1. The van der Waals surface area contributed by atoms with Gasteiger partial charge in [0, 0.05) is 6.54 Å². The molecule has 4 nitrogen and oxygen atoms in total. The molecule has 22 heavy (non-hydrogen) atoms. The standard InChI is InChI=1S/C18H27NO3/c1-18(2,3)22-17(20)19-12-13-9-15(11-16(10-13)21-4)14-7-5-6-8-14/h9-11,14H,5-8,12H2,1-4H3,(H,19,20). The van der Waals surface area contributed by atoms with Gasteiger partial charge in [0.1, 0.15) is 11.4 Å². The van der Waals surface area contributed by atoms with Crippen LogP contribution in [-0.4, -0.2) is 18.8 Å². The van der Waals surface area contributed by atoms with Crippen LogP contribution >= 0.6 is 0 Å². The van der Waals surface area contributed by atoms with E-state index >= 15 is 0 Å². The molecule has 1 fully saturated rings. The summed E-state index contributed by atoms with van der Waals surface area (Å²) in [6.45, 7) is 6.02. The molecule has 1 aliphatic rings. The van der Waals surface area contributed by atoms with Crippen molar-refractivity contribution in [1.82, 2.24) is 5.32 Å². The smallest absolute Gasteiger partial charge is 0.407 e. The Balaban J connectivity index is 2.03. The van der Waals surface area contributed by atoms with Gasteiger partial charge in [-0.25, -0.2) is 4.79 Å². The van der Waals surface area contributed by atoms with Crippen LogP contribution in [0.2, 0.25) is 0 Å². The van der Waals surface area contributed by atoms with Crippen LogP contribution in [0.3, 0.4) is 0 Å². The molecule has 0 aliphatic heterocycles. The summed E-state index contributed by atoms with van der Waals surface area (Å²) in [6.07, 6.45) is 4.69. The molecule has 0 unspecified atom stereocenters. The Hall–Kier alpha value is -1.71. The lowest BCUT2D eigenvalue weighted by molar-refractivity contribution is 0.0523. The van der Waals surface area contributed by atoms with Crippen LogP contribution in [0.4, 0.5) is 4.79 Å². The predicted octanol–water partition coefficient (Wildman–Crippen LogP) is 4.38. The van der Waals surface area contributed by atoms with Gasteiger partial charge in [-0.2, -0.15) is 0 Å². The van der Waals surface area contributed by atoms with Crippen LogP contribution in [0, 0.1) is 0 Å². The lowest BCUT2D eigenvalue weighted by Gasteiger charge is -2.20. The Morgan fingerprint density at radius 1 is 1.23 bits per heavy atom. The molecule has 1 aromatic carbocycles. The van der Waals surface area contributed by atoms with Crippen LogP contribution in [0.1, 0.15) is 63.5 Å². The highest BCUT2D eigenvalue weighted by molar-refractivity contribution is 5.67. The molecule has 1 aliphatic carbocycles. The highest BCUT2D eigenvalue weighted by Crippen LogP contribution is 2.36. The normalized spacial score (nSPS) is 15.6. The van der Waals surface area contributed by atoms with E-state index in [1.165, 1.54) is 31.2 Å². The van der Waals surface area contributed by atoms with Crippen LogP contribution in [0.15, 0.2) is 18.2 Å². The van der Waals surface area contributed by atoms with Gasteiger partial charge in [-0.3, -0.25) is 0 Å². The molecule has 0 spiro atoms. The minimum atomic E-state index is -0.479. The van der Waals surface area contributed by atoms with Crippen molar-refractivity contribution in [2.45, 2.75) is 64.5 Å². The van der Waals surface area contributed by atoms with Crippen LogP contribution in [-0.2, 0) is 11.3 Å². The zero-order valence-electron chi connectivity index (χ0n) is 14.1. The van der Waals surface area contributed by atoms with Gasteiger partial charge in [-0.1, -0.05) is 18.9 Å². The summed E-state index contributed by atoms with van der Waals surface area (Å²) in [7, 11) is 1.68. The summed E-state index contributed by atoms with van der Waals surface area (Å²) in [5.74, 6) is 1.47. The summed E-state index contributed by atoms with van der Waals surface area (Å²) < 4.78 is 10.7. The molecule has 0 radical (unpaired) electrons. The first-order chi connectivity index (χ1) is 10.4. The maximum Gasteiger partial charge on any atom is 0.407 e. The molecule has 2 rings (SSSR count). The second kappa shape index (κ2) is 7.03. The molecule has 1 aromatic rings. The minimum Gasteiger partial charge on any atom is -0.497 e. The van der Waals surface area contributed by atoms with Gasteiger partial charge in [0.15, 0.2) is 0 Å². The van der Waals surface area contributed by atoms with Crippen molar-refractivity contribution < 1.29 is 14.3 Å². The maximum atomic E-state index is 11.8. The first kappa shape index (κ1) is 16.7. The molecule has 1 N–H and O–H groups in total. The third kappa shape index (κ3) is 4.93. The Morgan fingerprint density at radius 3 is 2.50 bits per heavy atom. The number of hydrogen-bond donors (Lipinski definition) is 1. The minimum absolute atomic E-state index is 0.391. The Kier molecular flexibility index (Phi) is 5.33. The summed E-state index contributed by atoms with van der Waals surface area (Å²) in [5.41, 5.74) is 1.89. The predicted molar refractivity (Wildman–Crippen MR) is 87.3 cm³/mol. The molecule has 0 heterocycles. The van der Waals surface area contributed by atoms with Crippen molar-refractivity contribution >= 4 is 6.09 Å². The van der Waals surface area contributed by atoms with Gasteiger partial charge in [0.05, 0.1) is 7.11 Å². The van der Waals surface area contributed by atoms with E-state index in [1.807, 2.05) is 26.8 Å². The van der Waals surface area contributed by atoms with E-state index in [2.05, 4.69) is 17.4 Å². The van der Waals surface area contributed by atoms with E-state index < -0.39 is 11.7 Å². The second-order valence-corrected chi connectivity index (χ2v) is 6.95. The molecule has 4 heteroatoms. The third-order valence-corrected chi connectivity index (χ3v) is 3.89. The lowest BCUT2D eigenvalue weighted by atomic mass is 9.95. The number of carbonyl (C=O) groups is 1. The monoisotopic (exact) mass is 305 g/mol. The summed E-state index contributed by atoms with van der Waals surface area (Å²) in [6, 6.07) is 6.26. The van der Waals surface area contributed by atoms with E-state index in [0.717, 1.165) is 11.3 Å². The van der Waals surface area contributed by atoms with Crippen LogP contribution in [0.5, 0.6) is 5.75 Å². The van der Waals surface area contributed by atoms with E-state index in [0.29, 0.717) is 12.5 Å². The number of ether oxygens (including phenoxy) is 2. The van der Waals surface area contributed by atoms with Gasteiger partial charge in [-0.05, 0) is 62.8 Å². The molecule has 0 saturated heterocycles. The maximum absolute atomic E-state index is 11.8. The quantitative estimate of drug-likeness (QED) is 0.898. The largest absolute Gasteiger partial charge is 0.497 e. The molecule has 0 bridgehead atoms. The average Bonchev–Trinajstić information content (AvgIpc) is 2.97. The van der Waals surface area contributed by atoms with E-state index in [-0.39, 0.29) is 0 Å². The highest BCUT2D eigenvalue weighted by Gasteiger charge is 2.19. The summed E-state index contributed by atoms with van der Waals surface area (Å²) in [5, 5.41) is 2.81. The first-order valence-corrected chi connectivity index (χ1v) is 8.02. The molecular weight excluding hydrogens is 278 g/mol. The second-order valence-electron chi connectivity index (χ2n) is 6.95. The number of hydrogen-bond acceptors (Lipinski definition) is 3. The fraction of sp³-hybridized carbons (Fsp3) is 0.611. The van der Waals surface area contributed by atoms with Crippen LogP contribution < -0.4 is 10.1 Å². The van der Waals surface area contributed by atoms with Gasteiger partial charge < -0.3 is 14.8 Å². The van der Waals surface area contributed by atoms with Crippen molar-refractivity contribution in [2.24, 2.45) is 0 Å². The number of amides is 1. The van der Waals surface area contributed by atoms with Crippen molar-refractivity contribution in [1.29, 1.82) is 0 Å². The molecule has 0 atom stereocenters. The molecule has 122 valence electrons. The Bertz CT molecular complexity index is 514. The van der Waals surface area contributed by atoms with E-state index in [4.69, 9.17) is 9.47 Å². The van der Waals surface area contributed by atoms with E-state index in [9.17, 15) is 4.79 Å². The Labute approximate surface area is 133 Å².